The molecule has 0 aromatic carbocycles. The molecule has 1 saturated carbocycles. The lowest BCUT2D eigenvalue weighted by Gasteiger charge is -2.03. The van der Waals surface area contributed by atoms with Gasteiger partial charge in [-0.15, -0.1) is 0 Å². The van der Waals surface area contributed by atoms with E-state index in [1.54, 1.807) is 0 Å². The Morgan fingerprint density at radius 2 is 2.31 bits per heavy atom. The molecule has 2 aromatic rings. The lowest BCUT2D eigenvalue weighted by molar-refractivity contribution is 0.740. The van der Waals surface area contributed by atoms with Crippen LogP contribution in [-0.4, -0.2) is 20.6 Å². The number of hydrogen-bond donors (Lipinski definition) is 1. The summed E-state index contributed by atoms with van der Waals surface area (Å²) in [5.74, 6) is 0.720. The minimum Gasteiger partial charge on any atom is -0.328 e. The Kier molecular flexibility index (Phi) is 2.17. The van der Waals surface area contributed by atoms with Crippen LogP contribution in [-0.2, 0) is 6.42 Å². The first-order valence-electron chi connectivity index (χ1n) is 5.82. The van der Waals surface area contributed by atoms with Crippen molar-refractivity contribution in [2.75, 3.05) is 0 Å². The molecule has 2 aromatic heterocycles. The van der Waals surface area contributed by atoms with Crippen molar-refractivity contribution >= 4 is 5.65 Å². The third-order valence-electron chi connectivity index (χ3n) is 3.04. The quantitative estimate of drug-likeness (QED) is 0.845. The average Bonchev–Trinajstić information content (AvgIpc) is 3.02. The van der Waals surface area contributed by atoms with Crippen molar-refractivity contribution in [3.63, 3.8) is 0 Å². The van der Waals surface area contributed by atoms with E-state index in [1.165, 1.54) is 18.4 Å². The predicted molar refractivity (Wildman–Crippen MR) is 62.3 cm³/mol. The number of rotatable bonds is 3. The second-order valence-corrected chi connectivity index (χ2v) is 4.78. The lowest BCUT2D eigenvalue weighted by Crippen LogP contribution is -2.17. The van der Waals surface area contributed by atoms with Crippen molar-refractivity contribution in [2.45, 2.75) is 38.1 Å². The zero-order valence-electron chi connectivity index (χ0n) is 9.43. The van der Waals surface area contributed by atoms with Gasteiger partial charge in [0.1, 0.15) is 0 Å². The summed E-state index contributed by atoms with van der Waals surface area (Å²) in [4.78, 5) is 4.50. The molecular weight excluding hydrogens is 200 g/mol. The predicted octanol–water partition coefficient (Wildman–Crippen LogP) is 1.50. The van der Waals surface area contributed by atoms with E-state index < -0.39 is 0 Å². The van der Waals surface area contributed by atoms with Gasteiger partial charge in [0, 0.05) is 24.0 Å². The van der Waals surface area contributed by atoms with Crippen molar-refractivity contribution < 1.29 is 0 Å². The Morgan fingerprint density at radius 3 is 3.00 bits per heavy atom. The second kappa shape index (κ2) is 3.56. The van der Waals surface area contributed by atoms with Gasteiger partial charge in [-0.1, -0.05) is 0 Å². The van der Waals surface area contributed by atoms with Crippen molar-refractivity contribution in [1.82, 2.24) is 14.6 Å². The van der Waals surface area contributed by atoms with E-state index in [9.17, 15) is 0 Å². The highest BCUT2D eigenvalue weighted by molar-refractivity contribution is 5.47. The number of hydrogen-bond acceptors (Lipinski definition) is 3. The molecule has 0 aliphatic heterocycles. The number of aromatic nitrogens is 3. The molecule has 84 valence electrons. The Hall–Kier alpha value is -1.42. The molecule has 0 spiro atoms. The Morgan fingerprint density at radius 1 is 1.50 bits per heavy atom. The number of nitrogens with zero attached hydrogens (tertiary/aromatic N) is 3. The van der Waals surface area contributed by atoms with Gasteiger partial charge in [0.15, 0.2) is 5.65 Å². The topological polar surface area (TPSA) is 56.2 Å². The van der Waals surface area contributed by atoms with Crippen LogP contribution in [0.5, 0.6) is 0 Å². The molecule has 0 bridgehead atoms. The summed E-state index contributed by atoms with van der Waals surface area (Å²) in [5.41, 5.74) is 9.19. The normalized spacial score (nSPS) is 17.9. The molecule has 2 N–H and O–H groups in total. The molecule has 0 amide bonds. The third-order valence-corrected chi connectivity index (χ3v) is 3.04. The first kappa shape index (κ1) is 9.78. The monoisotopic (exact) mass is 216 g/mol. The van der Waals surface area contributed by atoms with Gasteiger partial charge < -0.3 is 5.73 Å². The Labute approximate surface area is 94.5 Å². The molecule has 4 nitrogen and oxygen atoms in total. The molecule has 0 saturated heterocycles. The second-order valence-electron chi connectivity index (χ2n) is 4.78. The standard InChI is InChI=1S/C12H16N4/c1-8(13)4-10-6-15-16-7-11(9-2-3-9)5-14-12(10)16/h5-9H,2-4,13H2,1H3. The minimum atomic E-state index is 0.151. The lowest BCUT2D eigenvalue weighted by atomic mass is 10.1. The van der Waals surface area contributed by atoms with E-state index in [0.29, 0.717) is 0 Å². The van der Waals surface area contributed by atoms with Gasteiger partial charge >= 0.3 is 0 Å². The molecule has 1 fully saturated rings. The van der Waals surface area contributed by atoms with Crippen LogP contribution in [0.3, 0.4) is 0 Å². The van der Waals surface area contributed by atoms with E-state index in [4.69, 9.17) is 5.73 Å². The minimum absolute atomic E-state index is 0.151. The molecule has 16 heavy (non-hydrogen) atoms. The molecule has 4 heteroatoms. The summed E-state index contributed by atoms with van der Waals surface area (Å²) in [6.45, 7) is 2.00. The van der Waals surface area contributed by atoms with E-state index in [1.807, 2.05) is 23.8 Å². The van der Waals surface area contributed by atoms with Crippen LogP contribution >= 0.6 is 0 Å². The van der Waals surface area contributed by atoms with Gasteiger partial charge in [-0.05, 0) is 37.7 Å². The summed E-state index contributed by atoms with van der Waals surface area (Å²) < 4.78 is 1.88. The molecule has 1 aliphatic carbocycles. The summed E-state index contributed by atoms with van der Waals surface area (Å²) in [6.07, 6.45) is 9.38. The van der Waals surface area contributed by atoms with Gasteiger partial charge in [-0.2, -0.15) is 5.10 Å². The van der Waals surface area contributed by atoms with Crippen LogP contribution in [0.15, 0.2) is 18.6 Å². The Bertz CT molecular complexity index is 511. The van der Waals surface area contributed by atoms with Gasteiger partial charge in [0.25, 0.3) is 0 Å². The summed E-state index contributed by atoms with van der Waals surface area (Å²) >= 11 is 0. The van der Waals surface area contributed by atoms with Crippen molar-refractivity contribution in [3.8, 4) is 0 Å². The molecular formula is C12H16N4. The molecule has 0 radical (unpaired) electrons. The molecule has 3 rings (SSSR count). The molecule has 1 unspecified atom stereocenters. The van der Waals surface area contributed by atoms with Crippen molar-refractivity contribution in [1.29, 1.82) is 0 Å². The van der Waals surface area contributed by atoms with Crippen LogP contribution in [0, 0.1) is 0 Å². The Balaban J connectivity index is 2.00. The fourth-order valence-electron chi connectivity index (χ4n) is 2.06. The number of fused-ring (bicyclic) bond motifs is 1. The third kappa shape index (κ3) is 1.69. The van der Waals surface area contributed by atoms with Gasteiger partial charge in [-0.25, -0.2) is 9.50 Å². The highest BCUT2D eigenvalue weighted by atomic mass is 15.2. The summed E-state index contributed by atoms with van der Waals surface area (Å²) in [5, 5.41) is 4.34. The fourth-order valence-corrected chi connectivity index (χ4v) is 2.06. The fraction of sp³-hybridized carbons (Fsp3) is 0.500. The van der Waals surface area contributed by atoms with Crippen LogP contribution in [0.4, 0.5) is 0 Å². The first-order chi connectivity index (χ1) is 7.74. The van der Waals surface area contributed by atoms with Crippen molar-refractivity contribution in [3.05, 3.63) is 29.7 Å². The zero-order chi connectivity index (χ0) is 11.1. The maximum atomic E-state index is 5.80. The smallest absolute Gasteiger partial charge is 0.158 e. The maximum absolute atomic E-state index is 5.80. The largest absolute Gasteiger partial charge is 0.328 e. The van der Waals surface area contributed by atoms with Crippen molar-refractivity contribution in [2.24, 2.45) is 5.73 Å². The summed E-state index contributed by atoms with van der Waals surface area (Å²) in [6, 6.07) is 0.151. The summed E-state index contributed by atoms with van der Waals surface area (Å²) in [7, 11) is 0. The van der Waals surface area contributed by atoms with E-state index in [0.717, 1.165) is 23.5 Å². The van der Waals surface area contributed by atoms with Crippen LogP contribution in [0.25, 0.3) is 5.65 Å². The molecule has 2 heterocycles. The van der Waals surface area contributed by atoms with Crippen LogP contribution in [0.1, 0.15) is 36.8 Å². The number of nitrogens with two attached hydrogens (primary N) is 1. The van der Waals surface area contributed by atoms with Gasteiger partial charge in [0.05, 0.1) is 6.20 Å². The van der Waals surface area contributed by atoms with E-state index >= 15 is 0 Å². The van der Waals surface area contributed by atoms with Gasteiger partial charge in [-0.3, -0.25) is 0 Å². The SMILES string of the molecule is CC(N)Cc1cnn2cc(C3CC3)cnc12. The molecule has 1 atom stereocenters. The van der Waals surface area contributed by atoms with Gasteiger partial charge in [0.2, 0.25) is 0 Å². The molecule has 1 aliphatic rings. The highest BCUT2D eigenvalue weighted by Gasteiger charge is 2.24. The van der Waals surface area contributed by atoms with E-state index in [-0.39, 0.29) is 6.04 Å². The first-order valence-corrected chi connectivity index (χ1v) is 5.82. The highest BCUT2D eigenvalue weighted by Crippen LogP contribution is 2.39. The van der Waals surface area contributed by atoms with Crippen LogP contribution in [0.2, 0.25) is 0 Å². The van der Waals surface area contributed by atoms with E-state index in [2.05, 4.69) is 16.3 Å². The maximum Gasteiger partial charge on any atom is 0.158 e. The zero-order valence-corrected chi connectivity index (χ0v) is 9.43. The average molecular weight is 216 g/mol. The van der Waals surface area contributed by atoms with Crippen LogP contribution < -0.4 is 5.73 Å².